The van der Waals surface area contributed by atoms with Crippen molar-refractivity contribution >= 4 is 22.9 Å². The van der Waals surface area contributed by atoms with Crippen LogP contribution < -0.4 is 5.32 Å². The van der Waals surface area contributed by atoms with Gasteiger partial charge in [-0.05, 0) is 21.9 Å². The smallest absolute Gasteiger partial charge is 0.221 e. The molecule has 2 rings (SSSR count). The molecule has 1 amide bonds. The van der Waals surface area contributed by atoms with Gasteiger partial charge in [-0.15, -0.1) is 16.4 Å². The Balaban J connectivity index is 2.41. The first kappa shape index (κ1) is 9.78. The van der Waals surface area contributed by atoms with Crippen LogP contribution in [0.4, 0.5) is 5.69 Å². The summed E-state index contributed by atoms with van der Waals surface area (Å²) in [5, 5.41) is 15.8. The van der Waals surface area contributed by atoms with Crippen LogP contribution in [-0.2, 0) is 11.8 Å². The Kier molecular flexibility index (Phi) is 2.46. The number of aryl methyl sites for hydroxylation is 1. The molecule has 0 aliphatic rings. The van der Waals surface area contributed by atoms with Gasteiger partial charge < -0.3 is 5.32 Å². The molecule has 0 aromatic carbocycles. The number of nitrogens with one attached hydrogen (secondary N) is 1. The fourth-order valence-corrected chi connectivity index (χ4v) is 2.06. The van der Waals surface area contributed by atoms with Crippen LogP contribution in [0.5, 0.6) is 0 Å². The van der Waals surface area contributed by atoms with E-state index in [0.717, 1.165) is 10.6 Å². The number of hydrogen-bond acceptors (Lipinski definition) is 5. The maximum Gasteiger partial charge on any atom is 0.221 e. The van der Waals surface area contributed by atoms with E-state index in [1.165, 1.54) is 18.3 Å². The quantitative estimate of drug-likeness (QED) is 0.820. The number of hydrogen-bond donors (Lipinski definition) is 1. The predicted molar refractivity (Wildman–Crippen MR) is 56.4 cm³/mol. The average Bonchev–Trinajstić information content (AvgIpc) is 2.73. The lowest BCUT2D eigenvalue weighted by Crippen LogP contribution is -2.06. The van der Waals surface area contributed by atoms with Crippen LogP contribution in [0.25, 0.3) is 10.7 Å². The lowest BCUT2D eigenvalue weighted by molar-refractivity contribution is -0.114. The van der Waals surface area contributed by atoms with Crippen molar-refractivity contribution in [1.82, 2.24) is 20.2 Å². The van der Waals surface area contributed by atoms with Crippen molar-refractivity contribution in [3.05, 3.63) is 11.4 Å². The maximum absolute atomic E-state index is 11.0. The second kappa shape index (κ2) is 3.77. The molecule has 0 bridgehead atoms. The Morgan fingerprint density at radius 1 is 1.60 bits per heavy atom. The SMILES string of the molecule is CC(=O)Nc1ccsc1-c1nnnn1C. The third-order valence-corrected chi connectivity index (χ3v) is 2.71. The Labute approximate surface area is 89.9 Å². The molecule has 0 aliphatic heterocycles. The van der Waals surface area contributed by atoms with Gasteiger partial charge in [0.2, 0.25) is 5.91 Å². The molecule has 2 heterocycles. The van der Waals surface area contributed by atoms with E-state index in [1.54, 1.807) is 11.7 Å². The largest absolute Gasteiger partial charge is 0.325 e. The summed E-state index contributed by atoms with van der Waals surface area (Å²) in [5.41, 5.74) is 0.741. The van der Waals surface area contributed by atoms with E-state index in [4.69, 9.17) is 0 Å². The van der Waals surface area contributed by atoms with Crippen LogP contribution >= 0.6 is 11.3 Å². The molecule has 0 unspecified atom stereocenters. The van der Waals surface area contributed by atoms with Gasteiger partial charge in [0.25, 0.3) is 0 Å². The fourth-order valence-electron chi connectivity index (χ4n) is 1.19. The summed E-state index contributed by atoms with van der Waals surface area (Å²) in [6.45, 7) is 1.47. The molecule has 0 radical (unpaired) electrons. The lowest BCUT2D eigenvalue weighted by Gasteiger charge is -2.01. The number of rotatable bonds is 2. The Hall–Kier alpha value is -1.76. The number of nitrogens with zero attached hydrogens (tertiary/aromatic N) is 4. The minimum Gasteiger partial charge on any atom is -0.325 e. The van der Waals surface area contributed by atoms with Crippen molar-refractivity contribution in [3.63, 3.8) is 0 Å². The second-order valence-electron chi connectivity index (χ2n) is 2.97. The monoisotopic (exact) mass is 223 g/mol. The van der Waals surface area contributed by atoms with Crippen molar-refractivity contribution in [1.29, 1.82) is 0 Å². The summed E-state index contributed by atoms with van der Waals surface area (Å²) in [7, 11) is 1.76. The molecule has 78 valence electrons. The van der Waals surface area contributed by atoms with E-state index in [9.17, 15) is 4.79 Å². The molecule has 2 aromatic heterocycles. The minimum absolute atomic E-state index is 0.107. The van der Waals surface area contributed by atoms with Gasteiger partial charge in [-0.3, -0.25) is 4.79 Å². The number of amides is 1. The molecule has 7 heteroatoms. The molecule has 1 N–H and O–H groups in total. The summed E-state index contributed by atoms with van der Waals surface area (Å²) < 4.78 is 1.57. The molecule has 0 saturated carbocycles. The molecule has 0 atom stereocenters. The highest BCUT2D eigenvalue weighted by molar-refractivity contribution is 7.14. The standard InChI is InChI=1S/C8H9N5OS/c1-5(14)9-6-3-4-15-7(6)8-10-11-12-13(8)2/h3-4H,1-2H3,(H,9,14). The molecule has 6 nitrogen and oxygen atoms in total. The summed E-state index contributed by atoms with van der Waals surface area (Å²) in [6, 6.07) is 1.83. The molecular weight excluding hydrogens is 214 g/mol. The van der Waals surface area contributed by atoms with Gasteiger partial charge in [-0.1, -0.05) is 0 Å². The zero-order valence-corrected chi connectivity index (χ0v) is 9.08. The van der Waals surface area contributed by atoms with Crippen LogP contribution in [0.3, 0.4) is 0 Å². The molecule has 0 aliphatic carbocycles. The van der Waals surface area contributed by atoms with Crippen molar-refractivity contribution in [2.75, 3.05) is 5.32 Å². The van der Waals surface area contributed by atoms with Gasteiger partial charge in [0.1, 0.15) is 0 Å². The van der Waals surface area contributed by atoms with Gasteiger partial charge in [0.15, 0.2) is 5.82 Å². The maximum atomic E-state index is 11.0. The van der Waals surface area contributed by atoms with Crippen LogP contribution in [-0.4, -0.2) is 26.1 Å². The van der Waals surface area contributed by atoms with Gasteiger partial charge in [-0.2, -0.15) is 0 Å². The molecule has 2 aromatic rings. The summed E-state index contributed by atoms with van der Waals surface area (Å²) >= 11 is 1.49. The lowest BCUT2D eigenvalue weighted by atomic mass is 10.3. The third-order valence-electron chi connectivity index (χ3n) is 1.80. The normalized spacial score (nSPS) is 10.3. The second-order valence-corrected chi connectivity index (χ2v) is 3.89. The zero-order chi connectivity index (χ0) is 10.8. The summed E-state index contributed by atoms with van der Waals surface area (Å²) in [6.07, 6.45) is 0. The summed E-state index contributed by atoms with van der Waals surface area (Å²) in [5.74, 6) is 0.540. The van der Waals surface area contributed by atoms with Gasteiger partial charge in [-0.25, -0.2) is 4.68 Å². The van der Waals surface area contributed by atoms with Crippen LogP contribution in [0.1, 0.15) is 6.92 Å². The van der Waals surface area contributed by atoms with E-state index in [0.29, 0.717) is 5.82 Å². The van der Waals surface area contributed by atoms with E-state index in [1.807, 2.05) is 11.4 Å². The molecule has 0 saturated heterocycles. The number of carbonyl (C=O) groups excluding carboxylic acids is 1. The Morgan fingerprint density at radius 3 is 3.00 bits per heavy atom. The highest BCUT2D eigenvalue weighted by atomic mass is 32.1. The predicted octanol–water partition coefficient (Wildman–Crippen LogP) is 0.897. The van der Waals surface area contributed by atoms with Gasteiger partial charge >= 0.3 is 0 Å². The first-order valence-corrected chi connectivity index (χ1v) is 5.14. The first-order chi connectivity index (χ1) is 7.18. The van der Waals surface area contributed by atoms with Crippen LogP contribution in [0.2, 0.25) is 0 Å². The molecule has 0 spiro atoms. The number of anilines is 1. The van der Waals surface area contributed by atoms with E-state index in [2.05, 4.69) is 20.8 Å². The van der Waals surface area contributed by atoms with Crippen molar-refractivity contribution in [2.24, 2.45) is 7.05 Å². The summed E-state index contributed by atoms with van der Waals surface area (Å²) in [4.78, 5) is 11.8. The Bertz CT molecular complexity index is 489. The van der Waals surface area contributed by atoms with E-state index >= 15 is 0 Å². The van der Waals surface area contributed by atoms with Crippen LogP contribution in [0.15, 0.2) is 11.4 Å². The number of carbonyl (C=O) groups is 1. The topological polar surface area (TPSA) is 72.7 Å². The molecular formula is C8H9N5OS. The fraction of sp³-hybridized carbons (Fsp3) is 0.250. The van der Waals surface area contributed by atoms with Crippen LogP contribution in [0, 0.1) is 0 Å². The van der Waals surface area contributed by atoms with Crippen molar-refractivity contribution < 1.29 is 4.79 Å². The number of tetrazole rings is 1. The first-order valence-electron chi connectivity index (χ1n) is 4.26. The molecule has 0 fully saturated rings. The average molecular weight is 223 g/mol. The molecule has 15 heavy (non-hydrogen) atoms. The van der Waals surface area contributed by atoms with E-state index < -0.39 is 0 Å². The van der Waals surface area contributed by atoms with Crippen molar-refractivity contribution in [3.8, 4) is 10.7 Å². The van der Waals surface area contributed by atoms with Gasteiger partial charge in [0.05, 0.1) is 10.6 Å². The van der Waals surface area contributed by atoms with Gasteiger partial charge in [0, 0.05) is 14.0 Å². The minimum atomic E-state index is -0.107. The third kappa shape index (κ3) is 1.86. The highest BCUT2D eigenvalue weighted by Crippen LogP contribution is 2.31. The number of thiophene rings is 1. The Morgan fingerprint density at radius 2 is 2.40 bits per heavy atom. The highest BCUT2D eigenvalue weighted by Gasteiger charge is 2.13. The van der Waals surface area contributed by atoms with Crippen molar-refractivity contribution in [2.45, 2.75) is 6.92 Å². The zero-order valence-electron chi connectivity index (χ0n) is 8.26. The number of aromatic nitrogens is 4. The van der Waals surface area contributed by atoms with E-state index in [-0.39, 0.29) is 5.91 Å².